The summed E-state index contributed by atoms with van der Waals surface area (Å²) in [4.78, 5) is 10.9. The second-order valence-electron chi connectivity index (χ2n) is 18.1. The molecule has 0 unspecified atom stereocenters. The standard InChI is InChI=1S/C62H42N2S/c1-61(2)52-22-12-9-19-46(52)48-33-31-43(36-54(48)61)60-63-56(40-27-25-39(26-28-40)41-29-34-51-50-21-11-14-24-58(50)65-59(51)37-41)38-57(64-60)42-30-32-49-47-20-10-13-23-53(47)62(55(49)35-42,44-15-5-3-6-16-44)45-17-7-4-8-18-45/h3-38H,1-2H3. The topological polar surface area (TPSA) is 25.8 Å². The molecule has 0 N–H and O–H groups in total. The highest BCUT2D eigenvalue weighted by atomic mass is 32.1. The number of thiophene rings is 1. The molecule has 306 valence electrons. The van der Waals surface area contributed by atoms with Gasteiger partial charge in [-0.3, -0.25) is 0 Å². The maximum absolute atomic E-state index is 5.49. The molecule has 0 bridgehead atoms. The largest absolute Gasteiger partial charge is 0.228 e. The minimum Gasteiger partial charge on any atom is -0.228 e. The van der Waals surface area contributed by atoms with E-state index in [0.717, 1.165) is 28.1 Å². The van der Waals surface area contributed by atoms with E-state index in [-0.39, 0.29) is 5.41 Å². The zero-order chi connectivity index (χ0) is 43.3. The summed E-state index contributed by atoms with van der Waals surface area (Å²) in [7, 11) is 0. The molecule has 2 aromatic heterocycles. The zero-order valence-corrected chi connectivity index (χ0v) is 36.9. The van der Waals surface area contributed by atoms with Crippen LogP contribution < -0.4 is 0 Å². The molecule has 0 atom stereocenters. The van der Waals surface area contributed by atoms with Crippen molar-refractivity contribution in [1.29, 1.82) is 0 Å². The van der Waals surface area contributed by atoms with Gasteiger partial charge in [-0.2, -0.15) is 0 Å². The van der Waals surface area contributed by atoms with Gasteiger partial charge in [0.15, 0.2) is 5.82 Å². The number of aromatic nitrogens is 2. The first-order chi connectivity index (χ1) is 31.9. The van der Waals surface area contributed by atoms with Crippen molar-refractivity contribution in [2.24, 2.45) is 0 Å². The van der Waals surface area contributed by atoms with Gasteiger partial charge >= 0.3 is 0 Å². The molecule has 2 heterocycles. The Morgan fingerprint density at radius 2 is 0.846 bits per heavy atom. The molecule has 2 aliphatic rings. The molecule has 0 saturated heterocycles. The summed E-state index contributed by atoms with van der Waals surface area (Å²) in [6.07, 6.45) is 0. The van der Waals surface area contributed by atoms with Crippen LogP contribution in [0, 0.1) is 0 Å². The molecule has 0 spiro atoms. The summed E-state index contributed by atoms with van der Waals surface area (Å²) in [5.41, 5.74) is 19.4. The molecule has 0 amide bonds. The average molecular weight is 847 g/mol. The van der Waals surface area contributed by atoms with Crippen molar-refractivity contribution in [2.45, 2.75) is 24.7 Å². The molecular formula is C62H42N2S. The van der Waals surface area contributed by atoms with Gasteiger partial charge in [0.25, 0.3) is 0 Å². The third-order valence-corrected chi connectivity index (χ3v) is 15.3. The van der Waals surface area contributed by atoms with Crippen molar-refractivity contribution in [2.75, 3.05) is 0 Å². The quantitative estimate of drug-likeness (QED) is 0.167. The highest BCUT2D eigenvalue weighted by molar-refractivity contribution is 7.25. The number of benzene rings is 9. The van der Waals surface area contributed by atoms with Gasteiger partial charge < -0.3 is 0 Å². The van der Waals surface area contributed by atoms with Crippen LogP contribution in [0.1, 0.15) is 47.2 Å². The van der Waals surface area contributed by atoms with Crippen LogP contribution in [0.5, 0.6) is 0 Å². The van der Waals surface area contributed by atoms with E-state index in [2.05, 4.69) is 232 Å². The highest BCUT2D eigenvalue weighted by Gasteiger charge is 2.46. The van der Waals surface area contributed by atoms with E-state index in [9.17, 15) is 0 Å². The lowest BCUT2D eigenvalue weighted by Crippen LogP contribution is -2.28. The predicted molar refractivity (Wildman–Crippen MR) is 272 cm³/mol. The Morgan fingerprint density at radius 1 is 0.338 bits per heavy atom. The van der Waals surface area contributed by atoms with E-state index in [1.807, 2.05) is 11.3 Å². The number of rotatable bonds is 6. The fourth-order valence-corrected chi connectivity index (χ4v) is 12.2. The SMILES string of the molecule is CC1(C)c2ccccc2-c2ccc(-c3nc(-c4ccc(-c5ccc6c(c5)sc5ccccc56)cc4)cc(-c4ccc5c(c4)C(c4ccccc4)(c4ccccc4)c4ccccc4-5)n3)cc21. The van der Waals surface area contributed by atoms with E-state index >= 15 is 0 Å². The molecule has 9 aromatic carbocycles. The number of nitrogens with zero attached hydrogens (tertiary/aromatic N) is 2. The van der Waals surface area contributed by atoms with E-state index in [1.54, 1.807) is 0 Å². The third kappa shape index (κ3) is 5.72. The summed E-state index contributed by atoms with van der Waals surface area (Å²) < 4.78 is 2.63. The molecule has 2 nitrogen and oxygen atoms in total. The van der Waals surface area contributed by atoms with Gasteiger partial charge in [-0.25, -0.2) is 9.97 Å². The molecule has 0 saturated carbocycles. The minimum atomic E-state index is -0.515. The van der Waals surface area contributed by atoms with Crippen LogP contribution in [0.3, 0.4) is 0 Å². The van der Waals surface area contributed by atoms with Crippen molar-refractivity contribution in [1.82, 2.24) is 9.97 Å². The molecule has 11 aromatic rings. The molecule has 0 aliphatic heterocycles. The first-order valence-corrected chi connectivity index (χ1v) is 23.3. The fourth-order valence-electron chi connectivity index (χ4n) is 11.1. The van der Waals surface area contributed by atoms with Gasteiger partial charge in [-0.15, -0.1) is 11.3 Å². The summed E-state index contributed by atoms with van der Waals surface area (Å²) in [5.74, 6) is 0.715. The Kier molecular flexibility index (Phi) is 8.38. The average Bonchev–Trinajstić information content (AvgIpc) is 3.97. The van der Waals surface area contributed by atoms with Crippen molar-refractivity contribution >= 4 is 31.5 Å². The monoisotopic (exact) mass is 846 g/mol. The van der Waals surface area contributed by atoms with Crippen molar-refractivity contribution in [3.8, 4) is 67.3 Å². The summed E-state index contributed by atoms with van der Waals surface area (Å²) in [6, 6.07) is 80.2. The lowest BCUT2D eigenvalue weighted by atomic mass is 9.67. The summed E-state index contributed by atoms with van der Waals surface area (Å²) in [5, 5.41) is 2.63. The van der Waals surface area contributed by atoms with Crippen molar-refractivity contribution in [3.63, 3.8) is 0 Å². The highest BCUT2D eigenvalue weighted by Crippen LogP contribution is 2.57. The predicted octanol–water partition coefficient (Wildman–Crippen LogP) is 16.2. The third-order valence-electron chi connectivity index (χ3n) is 14.2. The second kappa shape index (κ2) is 14.4. The van der Waals surface area contributed by atoms with Gasteiger partial charge in [-0.05, 0) is 97.1 Å². The van der Waals surface area contributed by atoms with Crippen LogP contribution in [0.2, 0.25) is 0 Å². The van der Waals surface area contributed by atoms with Gasteiger partial charge in [0.2, 0.25) is 0 Å². The van der Waals surface area contributed by atoms with Gasteiger partial charge in [0.05, 0.1) is 16.8 Å². The summed E-state index contributed by atoms with van der Waals surface area (Å²) >= 11 is 1.86. The molecule has 2 aliphatic carbocycles. The Labute approximate surface area is 383 Å². The Bertz CT molecular complexity index is 3640. The maximum atomic E-state index is 5.49. The molecule has 0 fully saturated rings. The van der Waals surface area contributed by atoms with Crippen LogP contribution >= 0.6 is 11.3 Å². The molecule has 65 heavy (non-hydrogen) atoms. The molecule has 13 rings (SSSR count). The summed E-state index contributed by atoms with van der Waals surface area (Å²) in [6.45, 7) is 4.66. The first-order valence-electron chi connectivity index (χ1n) is 22.5. The van der Waals surface area contributed by atoms with Crippen LogP contribution in [0.25, 0.3) is 87.5 Å². The van der Waals surface area contributed by atoms with Crippen LogP contribution in [-0.2, 0) is 10.8 Å². The molecule has 3 heteroatoms. The molecular weight excluding hydrogens is 805 g/mol. The van der Waals surface area contributed by atoms with E-state index in [1.165, 1.54) is 86.9 Å². The second-order valence-corrected chi connectivity index (χ2v) is 19.2. The van der Waals surface area contributed by atoms with Gasteiger partial charge in [-0.1, -0.05) is 202 Å². The van der Waals surface area contributed by atoms with E-state index < -0.39 is 5.41 Å². The number of hydrogen-bond donors (Lipinski definition) is 0. The Morgan fingerprint density at radius 3 is 1.58 bits per heavy atom. The van der Waals surface area contributed by atoms with Crippen molar-refractivity contribution < 1.29 is 0 Å². The maximum Gasteiger partial charge on any atom is 0.160 e. The smallest absolute Gasteiger partial charge is 0.160 e. The first kappa shape index (κ1) is 37.8. The lowest BCUT2D eigenvalue weighted by molar-refractivity contribution is 0.660. The minimum absolute atomic E-state index is 0.149. The lowest BCUT2D eigenvalue weighted by Gasteiger charge is -2.34. The Balaban J connectivity index is 0.983. The van der Waals surface area contributed by atoms with Gasteiger partial charge in [0.1, 0.15) is 0 Å². The van der Waals surface area contributed by atoms with Gasteiger partial charge in [0, 0.05) is 42.3 Å². The van der Waals surface area contributed by atoms with Crippen LogP contribution in [-0.4, -0.2) is 9.97 Å². The Hall–Kier alpha value is -7.72. The van der Waals surface area contributed by atoms with Crippen LogP contribution in [0.15, 0.2) is 218 Å². The van der Waals surface area contributed by atoms with Crippen molar-refractivity contribution in [3.05, 3.63) is 252 Å². The zero-order valence-electron chi connectivity index (χ0n) is 36.1. The molecule has 0 radical (unpaired) electrons. The van der Waals surface area contributed by atoms with E-state index in [0.29, 0.717) is 5.82 Å². The van der Waals surface area contributed by atoms with Crippen LogP contribution in [0.4, 0.5) is 0 Å². The fraction of sp³-hybridized carbons (Fsp3) is 0.0645. The van der Waals surface area contributed by atoms with E-state index in [4.69, 9.17) is 9.97 Å². The number of hydrogen-bond acceptors (Lipinski definition) is 3. The number of fused-ring (bicyclic) bond motifs is 9. The normalized spacial score (nSPS) is 13.9.